The van der Waals surface area contributed by atoms with Gasteiger partial charge in [0.15, 0.2) is 0 Å². The maximum absolute atomic E-state index is 12.2. The average molecular weight is 707 g/mol. The fraction of sp³-hybridized carbons (Fsp3) is 0.459. The number of hydrogen-bond acceptors (Lipinski definition) is 13. The highest BCUT2D eigenvalue weighted by Crippen LogP contribution is 2.29. The van der Waals surface area contributed by atoms with Gasteiger partial charge in [-0.15, -0.1) is 0 Å². The van der Waals surface area contributed by atoms with E-state index in [9.17, 15) is 9.59 Å². The van der Waals surface area contributed by atoms with Crippen LogP contribution in [0.5, 0.6) is 0 Å². The molecule has 14 heteroatoms. The first kappa shape index (κ1) is 39.5. The van der Waals surface area contributed by atoms with Crippen LogP contribution < -0.4 is 11.3 Å². The molecule has 1 fully saturated rings. The molecular weight excluding hydrogens is 656 g/mol. The summed E-state index contributed by atoms with van der Waals surface area (Å²) in [7, 11) is 2.97. The van der Waals surface area contributed by atoms with Gasteiger partial charge in [0.1, 0.15) is 17.1 Å². The number of rotatable bonds is 9. The first-order chi connectivity index (χ1) is 25.0. The van der Waals surface area contributed by atoms with Gasteiger partial charge in [0.05, 0.1) is 84.5 Å². The number of nitrogens with one attached hydrogen (secondary N) is 1. The second kappa shape index (κ2) is 21.8. The van der Waals surface area contributed by atoms with Crippen LogP contribution in [0.1, 0.15) is 56.5 Å². The van der Waals surface area contributed by atoms with E-state index in [1.54, 1.807) is 31.4 Å². The standard InChI is InChI=1S/C37H50N6O8/c1-4-34(46-2)31-8-6-9-32(40-31)35(28-11-13-29(14-12-28)36(44)41-38)43-17-21-50-25-23-48-19-15-42(16-20-49-24-26-51-22-18-43)27-30-7-5-10-33(39-30)37(45)47-3/h4-14,35H,15-27,38H2,1-3H3,(H,41,44)/b34-4+. The molecule has 3 aromatic rings. The number of benzene rings is 1. The number of hydrazine groups is 1. The molecule has 3 N–H and O–H groups in total. The van der Waals surface area contributed by atoms with Crippen LogP contribution >= 0.6 is 0 Å². The third-order valence-electron chi connectivity index (χ3n) is 8.25. The fourth-order valence-corrected chi connectivity index (χ4v) is 5.63. The number of nitrogens with zero attached hydrogens (tertiary/aromatic N) is 4. The highest BCUT2D eigenvalue weighted by molar-refractivity contribution is 5.93. The predicted molar refractivity (Wildman–Crippen MR) is 191 cm³/mol. The largest absolute Gasteiger partial charge is 0.495 e. The minimum atomic E-state index is -0.467. The maximum atomic E-state index is 12.2. The predicted octanol–water partition coefficient (Wildman–Crippen LogP) is 2.85. The van der Waals surface area contributed by atoms with Gasteiger partial charge >= 0.3 is 5.97 Å². The Balaban J connectivity index is 1.45. The molecule has 1 saturated heterocycles. The van der Waals surface area contributed by atoms with Crippen molar-refractivity contribution in [1.29, 1.82) is 0 Å². The number of allylic oxidation sites excluding steroid dienone is 1. The van der Waals surface area contributed by atoms with Crippen molar-refractivity contribution >= 4 is 17.6 Å². The lowest BCUT2D eigenvalue weighted by atomic mass is 9.99. The van der Waals surface area contributed by atoms with Crippen molar-refractivity contribution in [3.8, 4) is 0 Å². The first-order valence-electron chi connectivity index (χ1n) is 17.1. The highest BCUT2D eigenvalue weighted by Gasteiger charge is 2.25. The summed E-state index contributed by atoms with van der Waals surface area (Å²) >= 11 is 0. The Bertz CT molecular complexity index is 1520. The zero-order valence-electron chi connectivity index (χ0n) is 29.8. The Morgan fingerprint density at radius 3 is 1.94 bits per heavy atom. The summed E-state index contributed by atoms with van der Waals surface area (Å²) in [5.41, 5.74) is 6.15. The smallest absolute Gasteiger partial charge is 0.356 e. The molecule has 4 rings (SSSR count). The van der Waals surface area contributed by atoms with Crippen LogP contribution in [-0.2, 0) is 35.0 Å². The van der Waals surface area contributed by atoms with Crippen LogP contribution in [0, 0.1) is 0 Å². The minimum absolute atomic E-state index is 0.274. The summed E-state index contributed by atoms with van der Waals surface area (Å²) in [6, 6.07) is 18.2. The molecule has 0 spiro atoms. The Morgan fingerprint density at radius 2 is 1.37 bits per heavy atom. The number of pyridine rings is 2. The molecule has 1 unspecified atom stereocenters. The van der Waals surface area contributed by atoms with Crippen molar-refractivity contribution < 1.29 is 38.0 Å². The Hall–Kier alpha value is -4.28. The van der Waals surface area contributed by atoms with E-state index in [0.717, 1.165) is 17.0 Å². The summed E-state index contributed by atoms with van der Waals surface area (Å²) in [6.45, 7) is 8.49. The molecule has 1 aromatic carbocycles. The molecule has 0 radical (unpaired) electrons. The van der Waals surface area contributed by atoms with Crippen LogP contribution in [-0.4, -0.2) is 125 Å². The van der Waals surface area contributed by atoms with Crippen molar-refractivity contribution in [1.82, 2.24) is 25.2 Å². The second-order valence-electron chi connectivity index (χ2n) is 11.6. The number of esters is 1. The molecule has 1 aliphatic heterocycles. The van der Waals surface area contributed by atoms with Crippen LogP contribution in [0.25, 0.3) is 5.76 Å². The highest BCUT2D eigenvalue weighted by atomic mass is 16.5. The van der Waals surface area contributed by atoms with E-state index < -0.39 is 5.97 Å². The lowest BCUT2D eigenvalue weighted by Gasteiger charge is -2.32. The van der Waals surface area contributed by atoms with Gasteiger partial charge in [-0.1, -0.05) is 24.3 Å². The maximum Gasteiger partial charge on any atom is 0.356 e. The normalized spacial score (nSPS) is 17.5. The van der Waals surface area contributed by atoms with Crippen molar-refractivity contribution in [3.63, 3.8) is 0 Å². The summed E-state index contributed by atoms with van der Waals surface area (Å²) < 4.78 is 34.4. The van der Waals surface area contributed by atoms with E-state index in [2.05, 4.69) is 20.2 Å². The average Bonchev–Trinajstić information content (AvgIpc) is 3.16. The number of nitrogen functional groups attached to an aromatic ring is 1. The minimum Gasteiger partial charge on any atom is -0.495 e. The van der Waals surface area contributed by atoms with Crippen LogP contribution in [0.2, 0.25) is 0 Å². The molecule has 3 heterocycles. The quantitative estimate of drug-likeness (QED) is 0.110. The fourth-order valence-electron chi connectivity index (χ4n) is 5.63. The number of methoxy groups -OCH3 is 2. The van der Waals surface area contributed by atoms with E-state index in [-0.39, 0.29) is 17.6 Å². The number of carbonyl (C=O) groups is 2. The molecule has 2 aromatic heterocycles. The Morgan fingerprint density at radius 1 is 0.784 bits per heavy atom. The Kier molecular flexibility index (Phi) is 16.9. The van der Waals surface area contributed by atoms with E-state index in [1.165, 1.54) is 7.11 Å². The van der Waals surface area contributed by atoms with E-state index in [0.29, 0.717) is 103 Å². The zero-order chi connectivity index (χ0) is 36.3. The number of ether oxygens (including phenoxy) is 6. The van der Waals surface area contributed by atoms with Gasteiger partial charge in [0.25, 0.3) is 5.91 Å². The lowest BCUT2D eigenvalue weighted by Crippen LogP contribution is -2.36. The third-order valence-corrected chi connectivity index (χ3v) is 8.25. The third kappa shape index (κ3) is 12.5. The van der Waals surface area contributed by atoms with E-state index >= 15 is 0 Å². The van der Waals surface area contributed by atoms with E-state index in [4.69, 9.17) is 39.2 Å². The molecule has 1 amide bonds. The topological polar surface area (TPSA) is 160 Å². The van der Waals surface area contributed by atoms with Crippen LogP contribution in [0.15, 0.2) is 66.7 Å². The summed E-state index contributed by atoms with van der Waals surface area (Å²) in [5, 5.41) is 0. The van der Waals surface area contributed by atoms with Gasteiger partial charge in [0, 0.05) is 38.3 Å². The van der Waals surface area contributed by atoms with Gasteiger partial charge < -0.3 is 28.4 Å². The van der Waals surface area contributed by atoms with Crippen molar-refractivity contribution in [2.75, 3.05) is 93.3 Å². The molecule has 1 aliphatic rings. The van der Waals surface area contributed by atoms with Crippen molar-refractivity contribution in [2.45, 2.75) is 19.5 Å². The Labute approximate surface area is 299 Å². The SMILES string of the molecule is C/C=C(/OC)c1cccc(C(c2ccc(C(=O)NN)cc2)N2CCOCCOCCN(Cc3cccc(C(=O)OC)n3)CCOCCOCC2)n1. The monoisotopic (exact) mass is 706 g/mol. The van der Waals surface area contributed by atoms with Crippen molar-refractivity contribution in [3.05, 3.63) is 101 Å². The number of nitrogens with two attached hydrogens (primary N) is 1. The van der Waals surface area contributed by atoms with Gasteiger partial charge in [-0.05, 0) is 55.0 Å². The summed E-state index contributed by atoms with van der Waals surface area (Å²) in [6.07, 6.45) is 1.88. The van der Waals surface area contributed by atoms with Gasteiger partial charge in [-0.25, -0.2) is 20.6 Å². The molecule has 51 heavy (non-hydrogen) atoms. The van der Waals surface area contributed by atoms with Gasteiger partial charge in [-0.2, -0.15) is 0 Å². The number of amides is 1. The molecule has 14 nitrogen and oxygen atoms in total. The molecular formula is C37H50N6O8. The molecule has 276 valence electrons. The molecule has 0 bridgehead atoms. The number of aromatic nitrogens is 2. The lowest BCUT2D eigenvalue weighted by molar-refractivity contribution is 0.00331. The number of carbonyl (C=O) groups excluding carboxylic acids is 2. The first-order valence-corrected chi connectivity index (χ1v) is 17.1. The van der Waals surface area contributed by atoms with Crippen LogP contribution in [0.4, 0.5) is 0 Å². The van der Waals surface area contributed by atoms with Gasteiger partial charge in [0.2, 0.25) is 0 Å². The van der Waals surface area contributed by atoms with Crippen molar-refractivity contribution in [2.24, 2.45) is 5.84 Å². The second-order valence-corrected chi connectivity index (χ2v) is 11.6. The molecule has 1 atom stereocenters. The number of hydrogen-bond donors (Lipinski definition) is 2. The molecule has 0 saturated carbocycles. The van der Waals surface area contributed by atoms with Gasteiger partial charge in [-0.3, -0.25) is 20.0 Å². The summed E-state index contributed by atoms with van der Waals surface area (Å²) in [5.74, 6) is 5.21. The zero-order valence-corrected chi connectivity index (χ0v) is 29.8. The molecule has 0 aliphatic carbocycles. The van der Waals surface area contributed by atoms with Crippen LogP contribution in [0.3, 0.4) is 0 Å². The van der Waals surface area contributed by atoms with E-state index in [1.807, 2.05) is 49.4 Å². The summed E-state index contributed by atoms with van der Waals surface area (Å²) in [4.78, 5) is 38.0.